The maximum atomic E-state index is 6.19. The molecule has 1 fully saturated rings. The van der Waals surface area contributed by atoms with Gasteiger partial charge in [-0.3, -0.25) is 4.90 Å². The predicted molar refractivity (Wildman–Crippen MR) is 102 cm³/mol. The molecule has 0 radical (unpaired) electrons. The summed E-state index contributed by atoms with van der Waals surface area (Å²) in [6.45, 7) is 3.93. The predicted octanol–water partition coefficient (Wildman–Crippen LogP) is 3.90. The number of halogens is 1. The summed E-state index contributed by atoms with van der Waals surface area (Å²) in [4.78, 5) is 2.68. The van der Waals surface area contributed by atoms with Gasteiger partial charge in [0.25, 0.3) is 0 Å². The summed E-state index contributed by atoms with van der Waals surface area (Å²) in [6.07, 6.45) is 3.41. The van der Waals surface area contributed by atoms with Gasteiger partial charge in [-0.15, -0.1) is 0 Å². The largest absolute Gasteiger partial charge is 0.492 e. The van der Waals surface area contributed by atoms with Crippen LogP contribution in [0.15, 0.2) is 48.5 Å². The normalized spacial score (nSPS) is 22.0. The van der Waals surface area contributed by atoms with Gasteiger partial charge in [0.2, 0.25) is 0 Å². The maximum absolute atomic E-state index is 6.19. The quantitative estimate of drug-likeness (QED) is 0.902. The van der Waals surface area contributed by atoms with Crippen molar-refractivity contribution in [3.05, 3.63) is 64.7 Å². The zero-order valence-electron chi connectivity index (χ0n) is 14.5. The Morgan fingerprint density at radius 1 is 1.04 bits per heavy atom. The SMILES string of the molecule is Clc1ccc(CC2COc3ccccc3CN2C2CCNCC2)cc1. The Bertz CT molecular complexity index is 697. The zero-order chi connectivity index (χ0) is 17.1. The lowest BCUT2D eigenvalue weighted by Crippen LogP contribution is -2.49. The molecule has 25 heavy (non-hydrogen) atoms. The van der Waals surface area contributed by atoms with Gasteiger partial charge in [0, 0.05) is 29.2 Å². The van der Waals surface area contributed by atoms with Crippen molar-refractivity contribution in [1.82, 2.24) is 10.2 Å². The van der Waals surface area contributed by atoms with Crippen LogP contribution >= 0.6 is 11.6 Å². The number of piperidine rings is 1. The van der Waals surface area contributed by atoms with Crippen molar-refractivity contribution >= 4 is 11.6 Å². The van der Waals surface area contributed by atoms with E-state index >= 15 is 0 Å². The fourth-order valence-electron chi connectivity index (χ4n) is 4.02. The number of benzene rings is 2. The second-order valence-corrected chi connectivity index (χ2v) is 7.49. The highest BCUT2D eigenvalue weighted by molar-refractivity contribution is 6.30. The molecule has 0 amide bonds. The number of hydrogen-bond acceptors (Lipinski definition) is 3. The summed E-state index contributed by atoms with van der Waals surface area (Å²) in [6, 6.07) is 17.7. The lowest BCUT2D eigenvalue weighted by molar-refractivity contribution is 0.0800. The summed E-state index contributed by atoms with van der Waals surface area (Å²) in [5.41, 5.74) is 2.63. The molecular weight excluding hydrogens is 332 g/mol. The molecule has 2 aliphatic rings. The first-order chi connectivity index (χ1) is 12.3. The maximum Gasteiger partial charge on any atom is 0.123 e. The average molecular weight is 357 g/mol. The lowest BCUT2D eigenvalue weighted by Gasteiger charge is -2.38. The fourth-order valence-corrected chi connectivity index (χ4v) is 4.14. The van der Waals surface area contributed by atoms with Crippen LogP contribution in [-0.4, -0.2) is 36.7 Å². The summed E-state index contributed by atoms with van der Waals surface area (Å²) in [7, 11) is 0. The molecule has 1 N–H and O–H groups in total. The first kappa shape index (κ1) is 16.9. The van der Waals surface area contributed by atoms with Gasteiger partial charge in [-0.25, -0.2) is 0 Å². The molecule has 1 saturated heterocycles. The van der Waals surface area contributed by atoms with E-state index in [4.69, 9.17) is 16.3 Å². The van der Waals surface area contributed by atoms with Gasteiger partial charge in [-0.05, 0) is 56.1 Å². The highest BCUT2D eigenvalue weighted by Gasteiger charge is 2.31. The van der Waals surface area contributed by atoms with Crippen molar-refractivity contribution in [1.29, 1.82) is 0 Å². The van der Waals surface area contributed by atoms with Crippen LogP contribution in [0.1, 0.15) is 24.0 Å². The summed E-state index contributed by atoms with van der Waals surface area (Å²) >= 11 is 6.05. The van der Waals surface area contributed by atoms with E-state index in [-0.39, 0.29) is 0 Å². The van der Waals surface area contributed by atoms with Crippen LogP contribution in [0.3, 0.4) is 0 Å². The van der Waals surface area contributed by atoms with Crippen molar-refractivity contribution in [3.63, 3.8) is 0 Å². The first-order valence-electron chi connectivity index (χ1n) is 9.21. The minimum Gasteiger partial charge on any atom is -0.492 e. The Morgan fingerprint density at radius 3 is 2.60 bits per heavy atom. The van der Waals surface area contributed by atoms with E-state index < -0.39 is 0 Å². The van der Waals surface area contributed by atoms with Gasteiger partial charge in [0.1, 0.15) is 12.4 Å². The van der Waals surface area contributed by atoms with Crippen LogP contribution in [0.2, 0.25) is 5.02 Å². The summed E-state index contributed by atoms with van der Waals surface area (Å²) in [5, 5.41) is 4.28. The first-order valence-corrected chi connectivity index (χ1v) is 9.59. The molecule has 0 spiro atoms. The molecule has 2 aromatic rings. The molecule has 4 heteroatoms. The van der Waals surface area contributed by atoms with E-state index in [0.717, 1.165) is 43.4 Å². The molecule has 0 aliphatic carbocycles. The fraction of sp³-hybridized carbons (Fsp3) is 0.429. The number of hydrogen-bond donors (Lipinski definition) is 1. The number of nitrogens with zero attached hydrogens (tertiary/aromatic N) is 1. The number of ether oxygens (including phenoxy) is 1. The lowest BCUT2D eigenvalue weighted by atomic mass is 9.98. The van der Waals surface area contributed by atoms with E-state index in [1.54, 1.807) is 0 Å². The highest BCUT2D eigenvalue weighted by Crippen LogP contribution is 2.29. The molecule has 2 heterocycles. The van der Waals surface area contributed by atoms with Gasteiger partial charge >= 0.3 is 0 Å². The third-order valence-electron chi connectivity index (χ3n) is 5.39. The molecule has 3 nitrogen and oxygen atoms in total. The van der Waals surface area contributed by atoms with Crippen LogP contribution in [0.4, 0.5) is 0 Å². The van der Waals surface area contributed by atoms with Crippen LogP contribution in [-0.2, 0) is 13.0 Å². The highest BCUT2D eigenvalue weighted by atomic mass is 35.5. The molecule has 0 aromatic heterocycles. The Labute approximate surface area is 154 Å². The summed E-state index contributed by atoms with van der Waals surface area (Å²) < 4.78 is 6.19. The molecular formula is C21H25ClN2O. The van der Waals surface area contributed by atoms with E-state index in [9.17, 15) is 0 Å². The van der Waals surface area contributed by atoms with Gasteiger partial charge in [-0.2, -0.15) is 0 Å². The van der Waals surface area contributed by atoms with E-state index in [0.29, 0.717) is 12.1 Å². The average Bonchev–Trinajstić information content (AvgIpc) is 2.84. The standard InChI is InChI=1S/C21H25ClN2O/c22-18-7-5-16(6-8-18)13-20-15-25-21-4-2-1-3-17(21)14-24(20)19-9-11-23-12-10-19/h1-8,19-20,23H,9-15H2. The second kappa shape index (κ2) is 7.77. The van der Waals surface area contributed by atoms with Gasteiger partial charge in [0.05, 0.1) is 0 Å². The van der Waals surface area contributed by atoms with Crippen molar-refractivity contribution in [2.75, 3.05) is 19.7 Å². The second-order valence-electron chi connectivity index (χ2n) is 7.06. The minimum absolute atomic E-state index is 0.386. The van der Waals surface area contributed by atoms with Crippen molar-refractivity contribution in [2.24, 2.45) is 0 Å². The van der Waals surface area contributed by atoms with E-state index in [1.807, 2.05) is 12.1 Å². The Morgan fingerprint density at radius 2 is 1.80 bits per heavy atom. The number of para-hydroxylation sites is 1. The molecule has 4 rings (SSSR count). The molecule has 0 saturated carbocycles. The molecule has 132 valence electrons. The number of rotatable bonds is 3. The minimum atomic E-state index is 0.386. The van der Waals surface area contributed by atoms with Crippen LogP contribution in [0, 0.1) is 0 Å². The van der Waals surface area contributed by atoms with Gasteiger partial charge in [0.15, 0.2) is 0 Å². The molecule has 0 bridgehead atoms. The molecule has 1 atom stereocenters. The van der Waals surface area contributed by atoms with Crippen LogP contribution in [0.5, 0.6) is 5.75 Å². The third kappa shape index (κ3) is 4.00. The van der Waals surface area contributed by atoms with Crippen LogP contribution < -0.4 is 10.1 Å². The van der Waals surface area contributed by atoms with Crippen molar-refractivity contribution in [2.45, 2.75) is 37.9 Å². The van der Waals surface area contributed by atoms with Crippen molar-refractivity contribution in [3.8, 4) is 5.75 Å². The Hall–Kier alpha value is -1.55. The molecule has 2 aliphatic heterocycles. The number of fused-ring (bicyclic) bond motifs is 1. The third-order valence-corrected chi connectivity index (χ3v) is 5.64. The van der Waals surface area contributed by atoms with Crippen LogP contribution in [0.25, 0.3) is 0 Å². The van der Waals surface area contributed by atoms with Gasteiger partial charge in [-0.1, -0.05) is 41.9 Å². The Kier molecular flexibility index (Phi) is 5.25. The topological polar surface area (TPSA) is 24.5 Å². The number of nitrogens with one attached hydrogen (secondary N) is 1. The summed E-state index contributed by atoms with van der Waals surface area (Å²) in [5.74, 6) is 1.04. The monoisotopic (exact) mass is 356 g/mol. The molecule has 1 unspecified atom stereocenters. The van der Waals surface area contributed by atoms with E-state index in [2.05, 4.69) is 46.6 Å². The van der Waals surface area contributed by atoms with Gasteiger partial charge < -0.3 is 10.1 Å². The van der Waals surface area contributed by atoms with E-state index in [1.165, 1.54) is 24.0 Å². The Balaban J connectivity index is 1.59. The van der Waals surface area contributed by atoms with Crippen molar-refractivity contribution < 1.29 is 4.74 Å². The zero-order valence-corrected chi connectivity index (χ0v) is 15.2. The molecule has 2 aromatic carbocycles. The smallest absolute Gasteiger partial charge is 0.123 e.